The highest BCUT2D eigenvalue weighted by atomic mass is 32.2. The van der Waals surface area contributed by atoms with Gasteiger partial charge in [-0.05, 0) is 44.4 Å². The van der Waals surface area contributed by atoms with Crippen LogP contribution in [0.15, 0.2) is 18.9 Å². The third-order valence-electron chi connectivity index (χ3n) is 8.62. The van der Waals surface area contributed by atoms with Crippen molar-refractivity contribution in [2.24, 2.45) is 11.8 Å². The van der Waals surface area contributed by atoms with Gasteiger partial charge in [-0.25, -0.2) is 13.2 Å². The zero-order valence-electron chi connectivity index (χ0n) is 25.1. The van der Waals surface area contributed by atoms with Crippen molar-refractivity contribution in [3.05, 3.63) is 24.5 Å². The second-order valence-corrected chi connectivity index (χ2v) is 14.4. The Morgan fingerprint density at radius 2 is 2.00 bits per heavy atom. The van der Waals surface area contributed by atoms with Crippen molar-refractivity contribution in [1.29, 1.82) is 0 Å². The van der Waals surface area contributed by atoms with E-state index in [1.54, 1.807) is 24.7 Å². The van der Waals surface area contributed by atoms with Gasteiger partial charge >= 0.3 is 6.09 Å². The molecule has 0 spiro atoms. The van der Waals surface area contributed by atoms with Crippen molar-refractivity contribution in [3.8, 4) is 0 Å². The summed E-state index contributed by atoms with van der Waals surface area (Å²) in [4.78, 5) is 55.0. The van der Waals surface area contributed by atoms with Crippen molar-refractivity contribution in [2.45, 2.75) is 101 Å². The number of nitrogens with zero attached hydrogens (tertiary/aromatic N) is 4. The highest BCUT2D eigenvalue weighted by molar-refractivity contribution is 7.91. The summed E-state index contributed by atoms with van der Waals surface area (Å²) in [5.74, 6) is -2.77. The zero-order chi connectivity index (χ0) is 31.6. The van der Waals surface area contributed by atoms with Gasteiger partial charge in [0.05, 0.1) is 30.8 Å². The number of carbonyl (C=O) groups is 4. The van der Waals surface area contributed by atoms with E-state index < -0.39 is 68.7 Å². The third-order valence-corrected chi connectivity index (χ3v) is 10.4. The fraction of sp³-hybridized carbons (Fsp3) is 0.714. The summed E-state index contributed by atoms with van der Waals surface area (Å²) >= 11 is 0. The average molecular weight is 636 g/mol. The highest BCUT2D eigenvalue weighted by Crippen LogP contribution is 2.45. The first-order chi connectivity index (χ1) is 20.9. The van der Waals surface area contributed by atoms with E-state index in [1.165, 1.54) is 11.0 Å². The van der Waals surface area contributed by atoms with E-state index in [9.17, 15) is 27.6 Å². The molecule has 15 nitrogen and oxygen atoms in total. The molecule has 2 aliphatic heterocycles. The fourth-order valence-corrected chi connectivity index (χ4v) is 7.09. The van der Waals surface area contributed by atoms with Gasteiger partial charge in [0.2, 0.25) is 21.8 Å². The van der Waals surface area contributed by atoms with E-state index in [1.807, 2.05) is 0 Å². The summed E-state index contributed by atoms with van der Waals surface area (Å²) in [6, 6.07) is -2.04. The summed E-state index contributed by atoms with van der Waals surface area (Å²) < 4.78 is 40.3. The zero-order valence-corrected chi connectivity index (χ0v) is 25.9. The minimum Gasteiger partial charge on any atom is -0.450 e. The number of hydrogen-bond acceptors (Lipinski definition) is 10. The number of nitrogens with one attached hydrogen (secondary N) is 3. The molecule has 1 saturated heterocycles. The SMILES string of the molecule is C=C[C@H]1C[C@@]1(NC(=O)[C@@H]1C[C@@H]2CN1C(=O)[C@H](C(C)C)NC(=O)OCCCCCn1cc(nn1)CO2)C(=O)NS(=O)(=O)C1CC1. The standard InChI is InChI=1S/C28H41N7O8S/c1-4-18-13-28(18,26(38)32-44(40,41)21-8-9-21)30-24(36)22-12-20-15-35(22)25(37)23(17(2)3)29-27(39)42-11-7-5-6-10-34-14-19(16-43-20)31-33-34/h4,14,17-18,20-23H,1,5-13,15-16H2,2-3H3,(H,29,39)(H,30,36)(H,32,38)/t18-,20+,22-,23-,28-/m0/s1. The van der Waals surface area contributed by atoms with Crippen LogP contribution < -0.4 is 15.4 Å². The second kappa shape index (κ2) is 12.8. The Morgan fingerprint density at radius 1 is 1.23 bits per heavy atom. The molecule has 4 amide bonds. The molecule has 2 saturated carbocycles. The molecule has 4 bridgehead atoms. The van der Waals surface area contributed by atoms with Gasteiger partial charge in [0.1, 0.15) is 23.3 Å². The van der Waals surface area contributed by atoms with Gasteiger partial charge in [-0.2, -0.15) is 0 Å². The van der Waals surface area contributed by atoms with Crippen LogP contribution in [0.3, 0.4) is 0 Å². The summed E-state index contributed by atoms with van der Waals surface area (Å²) in [5.41, 5.74) is -0.898. The molecule has 5 rings (SSSR count). The number of fused-ring (bicyclic) bond motifs is 4. The predicted octanol–water partition coefficient (Wildman–Crippen LogP) is 0.368. The van der Waals surface area contributed by atoms with E-state index in [2.05, 4.69) is 32.2 Å². The number of carbonyl (C=O) groups excluding carboxylic acids is 4. The Hall–Kier alpha value is -3.53. The molecule has 3 heterocycles. The molecule has 3 N–H and O–H groups in total. The molecule has 242 valence electrons. The van der Waals surface area contributed by atoms with E-state index in [-0.39, 0.29) is 38.5 Å². The molecule has 4 aliphatic rings. The van der Waals surface area contributed by atoms with Crippen molar-refractivity contribution in [3.63, 3.8) is 0 Å². The predicted molar refractivity (Wildman–Crippen MR) is 155 cm³/mol. The Bertz CT molecular complexity index is 1390. The van der Waals surface area contributed by atoms with E-state index in [0.29, 0.717) is 31.5 Å². The highest BCUT2D eigenvalue weighted by Gasteiger charge is 2.62. The van der Waals surface area contributed by atoms with Crippen LogP contribution in [0.2, 0.25) is 0 Å². The minimum atomic E-state index is -3.85. The molecule has 16 heteroatoms. The fourth-order valence-electron chi connectivity index (χ4n) is 5.72. The van der Waals surface area contributed by atoms with Crippen LogP contribution in [0, 0.1) is 11.8 Å². The van der Waals surface area contributed by atoms with Crippen LogP contribution in [0.5, 0.6) is 0 Å². The molecular weight excluding hydrogens is 594 g/mol. The topological polar surface area (TPSA) is 191 Å². The first-order valence-corrected chi connectivity index (χ1v) is 16.7. The van der Waals surface area contributed by atoms with Crippen LogP contribution in [0.1, 0.15) is 64.5 Å². The number of aromatic nitrogens is 3. The molecule has 44 heavy (non-hydrogen) atoms. The van der Waals surface area contributed by atoms with Crippen molar-refractivity contribution in [1.82, 2.24) is 35.2 Å². The Balaban J connectivity index is 1.37. The van der Waals surface area contributed by atoms with Crippen LogP contribution in [-0.2, 0) is 47.0 Å². The number of ether oxygens (including phenoxy) is 2. The number of sulfonamides is 1. The number of alkyl carbamates (subject to hydrolysis) is 1. The maximum absolute atomic E-state index is 13.9. The molecule has 2 aliphatic carbocycles. The quantitative estimate of drug-likeness (QED) is 0.353. The van der Waals surface area contributed by atoms with Gasteiger partial charge < -0.3 is 25.0 Å². The van der Waals surface area contributed by atoms with Crippen LogP contribution >= 0.6 is 0 Å². The molecule has 0 radical (unpaired) electrons. The molecule has 0 unspecified atom stereocenters. The summed E-state index contributed by atoms with van der Waals surface area (Å²) in [6.45, 7) is 8.27. The minimum absolute atomic E-state index is 0.0468. The van der Waals surface area contributed by atoms with E-state index in [0.717, 1.165) is 12.8 Å². The number of hydrogen-bond donors (Lipinski definition) is 3. The molecule has 1 aromatic rings. The van der Waals surface area contributed by atoms with Crippen molar-refractivity contribution in [2.75, 3.05) is 13.2 Å². The monoisotopic (exact) mass is 635 g/mol. The molecular formula is C28H41N7O8S. The van der Waals surface area contributed by atoms with E-state index >= 15 is 0 Å². The lowest BCUT2D eigenvalue weighted by atomic mass is 10.0. The third kappa shape index (κ3) is 7.06. The second-order valence-electron chi connectivity index (χ2n) is 12.4. The van der Waals surface area contributed by atoms with E-state index in [4.69, 9.17) is 9.47 Å². The summed E-state index contributed by atoms with van der Waals surface area (Å²) in [7, 11) is -3.85. The van der Waals surface area contributed by atoms with Crippen molar-refractivity contribution >= 4 is 33.8 Å². The van der Waals surface area contributed by atoms with Gasteiger partial charge in [-0.3, -0.25) is 23.8 Å². The van der Waals surface area contributed by atoms with Gasteiger partial charge in [0.25, 0.3) is 5.91 Å². The lowest BCUT2D eigenvalue weighted by Crippen LogP contribution is -2.59. The lowest BCUT2D eigenvalue weighted by molar-refractivity contribution is -0.141. The van der Waals surface area contributed by atoms with Gasteiger partial charge in [-0.15, -0.1) is 11.7 Å². The van der Waals surface area contributed by atoms with Gasteiger partial charge in [0.15, 0.2) is 0 Å². The number of aryl methyl sites for hydroxylation is 1. The van der Waals surface area contributed by atoms with Crippen LogP contribution in [-0.4, -0.2) is 94.3 Å². The number of amides is 4. The Kier molecular flexibility index (Phi) is 9.30. The van der Waals surface area contributed by atoms with Crippen LogP contribution in [0.4, 0.5) is 4.79 Å². The normalized spacial score (nSPS) is 30.0. The maximum Gasteiger partial charge on any atom is 0.407 e. The summed E-state index contributed by atoms with van der Waals surface area (Å²) in [6.07, 6.45) is 5.48. The number of cyclic esters (lactones) is 1. The van der Waals surface area contributed by atoms with Crippen LogP contribution in [0.25, 0.3) is 0 Å². The van der Waals surface area contributed by atoms with Crippen molar-refractivity contribution < 1.29 is 37.1 Å². The maximum atomic E-state index is 13.9. The first-order valence-electron chi connectivity index (χ1n) is 15.2. The Labute approximate surface area is 256 Å². The van der Waals surface area contributed by atoms with Gasteiger partial charge in [0, 0.05) is 25.4 Å². The Morgan fingerprint density at radius 3 is 2.68 bits per heavy atom. The first kappa shape index (κ1) is 31.9. The molecule has 5 atom stereocenters. The smallest absolute Gasteiger partial charge is 0.407 e. The average Bonchev–Trinajstić information content (AvgIpc) is 3.86. The number of rotatable bonds is 7. The van der Waals surface area contributed by atoms with Gasteiger partial charge in [-0.1, -0.05) is 25.1 Å². The molecule has 1 aromatic heterocycles. The lowest BCUT2D eigenvalue weighted by Gasteiger charge is -2.31. The molecule has 3 fully saturated rings. The largest absolute Gasteiger partial charge is 0.450 e. The molecule has 0 aromatic carbocycles. The summed E-state index contributed by atoms with van der Waals surface area (Å²) in [5, 5.41) is 13.1.